The van der Waals surface area contributed by atoms with E-state index in [2.05, 4.69) is 16.0 Å². The molecule has 0 atom stereocenters. The van der Waals surface area contributed by atoms with Crippen molar-refractivity contribution in [3.05, 3.63) is 66.2 Å². The minimum absolute atomic E-state index is 0.149. The summed E-state index contributed by atoms with van der Waals surface area (Å²) in [6, 6.07) is 13.4. The number of pyridine rings is 2. The number of rotatable bonds is 2. The molecule has 2 heterocycles. The van der Waals surface area contributed by atoms with Crippen LogP contribution in [-0.2, 0) is 0 Å². The molecule has 0 aliphatic rings. The summed E-state index contributed by atoms with van der Waals surface area (Å²) in [7, 11) is 0. The Kier molecular flexibility index (Phi) is 3.50. The monoisotopic (exact) mass is 290 g/mol. The number of hydrogen-bond acceptors (Lipinski definition) is 4. The van der Waals surface area contributed by atoms with E-state index in [1.54, 1.807) is 42.7 Å². The number of nitrogens with two attached hydrogens (primary N) is 1. The maximum Gasteiger partial charge on any atom is 0.142 e. The third-order valence-electron chi connectivity index (χ3n) is 3.29. The topological polar surface area (TPSA) is 75.6 Å². The average molecular weight is 290 g/mol. The predicted octanol–water partition coefficient (Wildman–Crippen LogP) is 3.40. The Labute approximate surface area is 126 Å². The highest BCUT2D eigenvalue weighted by atomic mass is 19.1. The number of hydrogen-bond donors (Lipinski definition) is 1. The van der Waals surface area contributed by atoms with E-state index in [1.807, 2.05) is 0 Å². The van der Waals surface area contributed by atoms with Crippen molar-refractivity contribution < 1.29 is 4.39 Å². The van der Waals surface area contributed by atoms with Gasteiger partial charge in [0.1, 0.15) is 23.3 Å². The molecule has 3 rings (SSSR count). The van der Waals surface area contributed by atoms with E-state index < -0.39 is 0 Å². The van der Waals surface area contributed by atoms with Crippen LogP contribution in [0.1, 0.15) is 5.56 Å². The molecule has 106 valence electrons. The van der Waals surface area contributed by atoms with Gasteiger partial charge in [-0.05, 0) is 48.0 Å². The Bertz CT molecular complexity index is 852. The van der Waals surface area contributed by atoms with Crippen molar-refractivity contribution in [3.63, 3.8) is 0 Å². The molecule has 0 aliphatic carbocycles. The van der Waals surface area contributed by atoms with Gasteiger partial charge in [0.15, 0.2) is 0 Å². The van der Waals surface area contributed by atoms with Crippen molar-refractivity contribution in [1.29, 1.82) is 5.26 Å². The van der Waals surface area contributed by atoms with E-state index in [0.717, 1.165) is 11.1 Å². The van der Waals surface area contributed by atoms with Gasteiger partial charge >= 0.3 is 0 Å². The second kappa shape index (κ2) is 5.62. The Balaban J connectivity index is 2.21. The van der Waals surface area contributed by atoms with E-state index in [1.165, 1.54) is 12.1 Å². The SMILES string of the molecule is N#Cc1c(-c2ccncc2)cc(-c2ccc(F)cc2)nc1N. The fourth-order valence-corrected chi connectivity index (χ4v) is 2.21. The lowest BCUT2D eigenvalue weighted by Crippen LogP contribution is -1.99. The van der Waals surface area contributed by atoms with Crippen molar-refractivity contribution in [1.82, 2.24) is 9.97 Å². The first-order chi connectivity index (χ1) is 10.7. The van der Waals surface area contributed by atoms with Gasteiger partial charge in [-0.3, -0.25) is 4.98 Å². The van der Waals surface area contributed by atoms with Crippen molar-refractivity contribution in [3.8, 4) is 28.5 Å². The number of halogens is 1. The minimum atomic E-state index is -0.320. The molecule has 2 N–H and O–H groups in total. The van der Waals surface area contributed by atoms with Crippen LogP contribution in [0.15, 0.2) is 54.9 Å². The summed E-state index contributed by atoms with van der Waals surface area (Å²) >= 11 is 0. The first kappa shape index (κ1) is 13.7. The van der Waals surface area contributed by atoms with Crippen LogP contribution in [0.4, 0.5) is 10.2 Å². The summed E-state index contributed by atoms with van der Waals surface area (Å²) in [6.45, 7) is 0. The van der Waals surface area contributed by atoms with Gasteiger partial charge in [0, 0.05) is 23.5 Å². The molecular weight excluding hydrogens is 279 g/mol. The lowest BCUT2D eigenvalue weighted by atomic mass is 9.99. The molecule has 0 saturated carbocycles. The molecular formula is C17H11FN4. The number of aromatic nitrogens is 2. The molecule has 22 heavy (non-hydrogen) atoms. The molecule has 0 unspecified atom stereocenters. The van der Waals surface area contributed by atoms with Crippen LogP contribution in [0.25, 0.3) is 22.4 Å². The summed E-state index contributed by atoms with van der Waals surface area (Å²) in [5, 5.41) is 9.32. The van der Waals surface area contributed by atoms with Crippen molar-refractivity contribution >= 4 is 5.82 Å². The number of nitrogens with zero attached hydrogens (tertiary/aromatic N) is 3. The zero-order chi connectivity index (χ0) is 15.5. The highest BCUT2D eigenvalue weighted by Crippen LogP contribution is 2.30. The second-order valence-electron chi connectivity index (χ2n) is 4.67. The van der Waals surface area contributed by atoms with Crippen LogP contribution >= 0.6 is 0 Å². The molecule has 0 saturated heterocycles. The molecule has 0 amide bonds. The molecule has 2 aromatic heterocycles. The van der Waals surface area contributed by atoms with Gasteiger partial charge in [-0.2, -0.15) is 5.26 Å². The number of nitrogen functional groups attached to an aromatic ring is 1. The summed E-state index contributed by atoms with van der Waals surface area (Å²) in [6.07, 6.45) is 3.29. The van der Waals surface area contributed by atoms with E-state index in [-0.39, 0.29) is 11.6 Å². The molecule has 4 nitrogen and oxygen atoms in total. The Morgan fingerprint density at radius 3 is 2.32 bits per heavy atom. The highest BCUT2D eigenvalue weighted by Gasteiger charge is 2.13. The average Bonchev–Trinajstić information content (AvgIpc) is 2.55. The molecule has 0 bridgehead atoms. The lowest BCUT2D eigenvalue weighted by Gasteiger charge is -2.10. The normalized spacial score (nSPS) is 10.2. The molecule has 0 fully saturated rings. The van der Waals surface area contributed by atoms with E-state index in [0.29, 0.717) is 16.8 Å². The quantitative estimate of drug-likeness (QED) is 0.784. The zero-order valence-electron chi connectivity index (χ0n) is 11.5. The lowest BCUT2D eigenvalue weighted by molar-refractivity contribution is 0.628. The maximum atomic E-state index is 13.0. The van der Waals surface area contributed by atoms with Gasteiger partial charge < -0.3 is 5.73 Å². The van der Waals surface area contributed by atoms with Gasteiger partial charge in [0.2, 0.25) is 0 Å². The van der Waals surface area contributed by atoms with Crippen molar-refractivity contribution in [2.45, 2.75) is 0 Å². The summed E-state index contributed by atoms with van der Waals surface area (Å²) in [5.74, 6) is -0.170. The second-order valence-corrected chi connectivity index (χ2v) is 4.67. The molecule has 3 aromatic rings. The molecule has 0 aliphatic heterocycles. The van der Waals surface area contributed by atoms with Gasteiger partial charge in [-0.15, -0.1) is 0 Å². The molecule has 0 spiro atoms. The maximum absolute atomic E-state index is 13.0. The Morgan fingerprint density at radius 2 is 1.68 bits per heavy atom. The summed E-state index contributed by atoms with van der Waals surface area (Å²) < 4.78 is 13.0. The smallest absolute Gasteiger partial charge is 0.142 e. The van der Waals surface area contributed by atoms with Gasteiger partial charge in [0.05, 0.1) is 5.69 Å². The third kappa shape index (κ3) is 2.50. The van der Waals surface area contributed by atoms with E-state index in [4.69, 9.17) is 5.73 Å². The van der Waals surface area contributed by atoms with Crippen LogP contribution in [-0.4, -0.2) is 9.97 Å². The van der Waals surface area contributed by atoms with Gasteiger partial charge in [-0.1, -0.05) is 0 Å². The van der Waals surface area contributed by atoms with Crippen LogP contribution in [0.3, 0.4) is 0 Å². The number of benzene rings is 1. The van der Waals surface area contributed by atoms with E-state index >= 15 is 0 Å². The fraction of sp³-hybridized carbons (Fsp3) is 0. The van der Waals surface area contributed by atoms with Crippen molar-refractivity contribution in [2.75, 3.05) is 5.73 Å². The number of anilines is 1. The van der Waals surface area contributed by atoms with Crippen LogP contribution in [0, 0.1) is 17.1 Å². The fourth-order valence-electron chi connectivity index (χ4n) is 2.21. The number of nitriles is 1. The van der Waals surface area contributed by atoms with Gasteiger partial charge in [0.25, 0.3) is 0 Å². The van der Waals surface area contributed by atoms with E-state index in [9.17, 15) is 9.65 Å². The Hall–Kier alpha value is -3.26. The van der Waals surface area contributed by atoms with Crippen molar-refractivity contribution in [2.24, 2.45) is 0 Å². The van der Waals surface area contributed by atoms with Gasteiger partial charge in [-0.25, -0.2) is 9.37 Å². The first-order valence-corrected chi connectivity index (χ1v) is 6.56. The van der Waals surface area contributed by atoms with Crippen LogP contribution in [0.2, 0.25) is 0 Å². The summed E-state index contributed by atoms with van der Waals surface area (Å²) in [4.78, 5) is 8.21. The van der Waals surface area contributed by atoms with Crippen LogP contribution < -0.4 is 5.73 Å². The summed E-state index contributed by atoms with van der Waals surface area (Å²) in [5.41, 5.74) is 9.05. The molecule has 5 heteroatoms. The largest absolute Gasteiger partial charge is 0.383 e. The molecule has 0 radical (unpaired) electrons. The first-order valence-electron chi connectivity index (χ1n) is 6.56. The predicted molar refractivity (Wildman–Crippen MR) is 82.0 cm³/mol. The Morgan fingerprint density at radius 1 is 1.00 bits per heavy atom. The highest BCUT2D eigenvalue weighted by molar-refractivity contribution is 5.79. The molecule has 1 aromatic carbocycles. The van der Waals surface area contributed by atoms with Crippen LogP contribution in [0.5, 0.6) is 0 Å². The third-order valence-corrected chi connectivity index (χ3v) is 3.29. The zero-order valence-corrected chi connectivity index (χ0v) is 11.5. The minimum Gasteiger partial charge on any atom is -0.383 e. The standard InChI is InChI=1S/C17H11FN4/c18-13-3-1-12(2-4-13)16-9-14(11-5-7-21-8-6-11)15(10-19)17(20)22-16/h1-9H,(H2,20,22).